The smallest absolute Gasteiger partial charge is 0.263 e. The molecule has 2 amide bonds. The van der Waals surface area contributed by atoms with E-state index in [1.54, 1.807) is 19.3 Å². The Bertz CT molecular complexity index is 1740. The molecular weight excluding hydrogens is 573 g/mol. The number of halogens is 2. The third-order valence-electron chi connectivity index (χ3n) is 6.94. The van der Waals surface area contributed by atoms with Gasteiger partial charge in [-0.1, -0.05) is 23.2 Å². The van der Waals surface area contributed by atoms with Crippen LogP contribution in [0.15, 0.2) is 41.7 Å². The molecular formula is C27H27Cl2N7O5. The summed E-state index contributed by atoms with van der Waals surface area (Å²) in [6.45, 7) is 4.95. The minimum absolute atomic E-state index is 0.0813. The number of rotatable bonds is 6. The number of hydrogen-bond donors (Lipinski definition) is 3. The van der Waals surface area contributed by atoms with Gasteiger partial charge in [0.1, 0.15) is 23.8 Å². The number of anilines is 2. The number of primary amides is 1. The zero-order valence-electron chi connectivity index (χ0n) is 22.4. The van der Waals surface area contributed by atoms with Gasteiger partial charge in [-0.25, -0.2) is 9.97 Å². The number of morpholine rings is 1. The van der Waals surface area contributed by atoms with Gasteiger partial charge in [-0.2, -0.15) is 0 Å². The average Bonchev–Trinajstić information content (AvgIpc) is 3.27. The van der Waals surface area contributed by atoms with E-state index in [1.807, 2.05) is 13.8 Å². The summed E-state index contributed by atoms with van der Waals surface area (Å²) in [6.07, 6.45) is 4.39. The van der Waals surface area contributed by atoms with Crippen molar-refractivity contribution in [1.82, 2.24) is 19.1 Å². The summed E-state index contributed by atoms with van der Waals surface area (Å²) in [5.41, 5.74) is 6.12. The Labute approximate surface area is 244 Å². The molecule has 0 bridgehead atoms. The number of fused-ring (bicyclic) bond motifs is 1. The van der Waals surface area contributed by atoms with Crippen molar-refractivity contribution >= 4 is 57.6 Å². The topological polar surface area (TPSA) is 158 Å². The maximum absolute atomic E-state index is 13.3. The summed E-state index contributed by atoms with van der Waals surface area (Å²) in [6, 6.07) is 4.62. The van der Waals surface area contributed by atoms with Gasteiger partial charge in [0.05, 0.1) is 64.5 Å². The zero-order chi connectivity index (χ0) is 29.6. The molecule has 5 rings (SSSR count). The van der Waals surface area contributed by atoms with Crippen molar-refractivity contribution in [1.29, 1.82) is 0 Å². The van der Waals surface area contributed by atoms with Gasteiger partial charge in [0.25, 0.3) is 11.5 Å². The number of pyridine rings is 1. The summed E-state index contributed by atoms with van der Waals surface area (Å²) >= 11 is 12.5. The average molecular weight is 600 g/mol. The van der Waals surface area contributed by atoms with Crippen molar-refractivity contribution < 1.29 is 19.4 Å². The number of carbonyl (C=O) groups excluding carboxylic acids is 2. The van der Waals surface area contributed by atoms with E-state index >= 15 is 0 Å². The maximum atomic E-state index is 13.3. The van der Waals surface area contributed by atoms with Crippen LogP contribution in [0.2, 0.25) is 10.0 Å². The fraction of sp³-hybridized carbons (Fsp3) is 0.296. The number of phenols is 1. The van der Waals surface area contributed by atoms with Crippen LogP contribution in [0.1, 0.15) is 24.2 Å². The number of aromatic hydroxyl groups is 1. The molecule has 0 unspecified atom stereocenters. The van der Waals surface area contributed by atoms with Crippen molar-refractivity contribution in [3.63, 3.8) is 0 Å². The molecule has 0 saturated carbocycles. The molecule has 1 fully saturated rings. The summed E-state index contributed by atoms with van der Waals surface area (Å²) in [7, 11) is 1.54. The lowest BCUT2D eigenvalue weighted by Gasteiger charge is -2.39. The first-order valence-electron chi connectivity index (χ1n) is 12.6. The molecule has 41 heavy (non-hydrogen) atoms. The van der Waals surface area contributed by atoms with Crippen LogP contribution in [0.3, 0.4) is 0 Å². The Morgan fingerprint density at radius 2 is 1.85 bits per heavy atom. The zero-order valence-corrected chi connectivity index (χ0v) is 23.9. The molecule has 214 valence electrons. The quantitative estimate of drug-likeness (QED) is 0.305. The summed E-state index contributed by atoms with van der Waals surface area (Å²) in [5, 5.41) is 13.3. The number of nitrogens with one attached hydrogen (secondary N) is 1. The molecule has 4 aromatic rings. The number of nitrogens with zero attached hydrogens (tertiary/aromatic N) is 5. The van der Waals surface area contributed by atoms with Crippen LogP contribution in [0, 0.1) is 0 Å². The van der Waals surface area contributed by atoms with Crippen LogP contribution in [-0.4, -0.2) is 61.3 Å². The van der Waals surface area contributed by atoms with Crippen molar-refractivity contribution in [3.05, 3.63) is 62.9 Å². The molecule has 12 nitrogen and oxygen atoms in total. The van der Waals surface area contributed by atoms with Gasteiger partial charge in [-0.15, -0.1) is 0 Å². The van der Waals surface area contributed by atoms with E-state index in [-0.39, 0.29) is 50.8 Å². The van der Waals surface area contributed by atoms with Crippen LogP contribution in [0.25, 0.3) is 22.2 Å². The molecule has 4 heterocycles. The predicted molar refractivity (Wildman–Crippen MR) is 156 cm³/mol. The van der Waals surface area contributed by atoms with E-state index in [4.69, 9.17) is 33.7 Å². The number of aryl methyl sites for hydroxylation is 1. The third-order valence-corrected chi connectivity index (χ3v) is 7.53. The van der Waals surface area contributed by atoms with Crippen LogP contribution in [-0.2, 0) is 23.1 Å². The first-order valence-corrected chi connectivity index (χ1v) is 13.4. The van der Waals surface area contributed by atoms with Crippen molar-refractivity contribution in [2.45, 2.75) is 32.5 Å². The van der Waals surface area contributed by atoms with Gasteiger partial charge in [0, 0.05) is 24.9 Å². The van der Waals surface area contributed by atoms with Crippen LogP contribution >= 0.6 is 23.2 Å². The third kappa shape index (κ3) is 5.33. The van der Waals surface area contributed by atoms with Crippen LogP contribution in [0.4, 0.5) is 11.5 Å². The molecule has 2 atom stereocenters. The highest BCUT2D eigenvalue weighted by Gasteiger charge is 2.27. The molecule has 1 aliphatic heterocycles. The first kappa shape index (κ1) is 28.4. The SMILES string of the molecule is C[C@@H]1COC[C@@H](C)N1c1cc(NC(=O)Cn2cc(-c3cc(Cl)c(O)c(C(N)=O)c3)c3c(=O)n(C)cnc32)c(Cl)cn1. The molecule has 1 aliphatic rings. The monoisotopic (exact) mass is 599 g/mol. The van der Waals surface area contributed by atoms with E-state index in [9.17, 15) is 19.5 Å². The van der Waals surface area contributed by atoms with E-state index < -0.39 is 17.6 Å². The van der Waals surface area contributed by atoms with Gasteiger partial charge in [0.15, 0.2) is 0 Å². The summed E-state index contributed by atoms with van der Waals surface area (Å²) < 4.78 is 8.40. The van der Waals surface area contributed by atoms with E-state index in [0.29, 0.717) is 35.8 Å². The fourth-order valence-corrected chi connectivity index (χ4v) is 5.38. The predicted octanol–water partition coefficient (Wildman–Crippen LogP) is 3.16. The van der Waals surface area contributed by atoms with E-state index in [2.05, 4.69) is 20.2 Å². The number of ether oxygens (including phenoxy) is 1. The van der Waals surface area contributed by atoms with Gasteiger partial charge in [-0.3, -0.25) is 14.4 Å². The second-order valence-electron chi connectivity index (χ2n) is 9.96. The molecule has 1 saturated heterocycles. The molecule has 4 N–H and O–H groups in total. The van der Waals surface area contributed by atoms with Gasteiger partial charge < -0.3 is 34.9 Å². The lowest BCUT2D eigenvalue weighted by atomic mass is 10.0. The van der Waals surface area contributed by atoms with E-state index in [1.165, 1.54) is 33.8 Å². The second kappa shape index (κ2) is 11.0. The van der Waals surface area contributed by atoms with Gasteiger partial charge in [0.2, 0.25) is 5.91 Å². The molecule has 1 aromatic carbocycles. The Kier molecular flexibility index (Phi) is 7.64. The Hall–Kier alpha value is -4.13. The number of benzene rings is 1. The summed E-state index contributed by atoms with van der Waals surface area (Å²) in [4.78, 5) is 49.3. The first-order chi connectivity index (χ1) is 19.5. The molecule has 0 radical (unpaired) electrons. The van der Waals surface area contributed by atoms with Crippen LogP contribution < -0.4 is 21.5 Å². The minimum Gasteiger partial charge on any atom is -0.506 e. The highest BCUT2D eigenvalue weighted by atomic mass is 35.5. The molecule has 14 heteroatoms. The Morgan fingerprint density at radius 1 is 1.15 bits per heavy atom. The highest BCUT2D eigenvalue weighted by molar-refractivity contribution is 6.34. The lowest BCUT2D eigenvalue weighted by Crippen LogP contribution is -2.50. The summed E-state index contributed by atoms with van der Waals surface area (Å²) in [5.74, 6) is -1.14. The maximum Gasteiger partial charge on any atom is 0.263 e. The standard InChI is InChI=1S/C27H27Cl2N7O5/c1-13-10-41-11-14(2)36(13)21-6-20(19(29)7-31-21)33-22(37)9-35-8-17(23-26(35)32-12-34(3)27(23)40)15-4-16(25(30)39)24(38)18(28)5-15/h4-8,12-14,38H,9-11H2,1-3H3,(H2,30,39)(H,31,33,37)/t13-,14-/m1/s1. The highest BCUT2D eigenvalue weighted by Crippen LogP contribution is 2.36. The normalized spacial score (nSPS) is 17.1. The Balaban J connectivity index is 1.51. The van der Waals surface area contributed by atoms with Crippen LogP contribution in [0.5, 0.6) is 5.75 Å². The largest absolute Gasteiger partial charge is 0.506 e. The van der Waals surface area contributed by atoms with Crippen molar-refractivity contribution in [2.75, 3.05) is 23.4 Å². The van der Waals surface area contributed by atoms with Crippen molar-refractivity contribution in [3.8, 4) is 16.9 Å². The molecule has 0 spiro atoms. The van der Waals surface area contributed by atoms with Gasteiger partial charge >= 0.3 is 0 Å². The second-order valence-corrected chi connectivity index (χ2v) is 10.8. The molecule has 0 aliphatic carbocycles. The number of hydrogen-bond acceptors (Lipinski definition) is 8. The fourth-order valence-electron chi connectivity index (χ4n) is 5.01. The lowest BCUT2D eigenvalue weighted by molar-refractivity contribution is -0.116. The molecule has 3 aromatic heterocycles. The number of nitrogens with two attached hydrogens (primary N) is 1. The minimum atomic E-state index is -0.894. The van der Waals surface area contributed by atoms with Gasteiger partial charge in [-0.05, 0) is 31.5 Å². The Morgan fingerprint density at radius 3 is 2.54 bits per heavy atom. The number of amides is 2. The number of aromatic nitrogens is 4. The number of carbonyl (C=O) groups is 2. The van der Waals surface area contributed by atoms with Crippen molar-refractivity contribution in [2.24, 2.45) is 12.8 Å². The van der Waals surface area contributed by atoms with E-state index in [0.717, 1.165) is 0 Å².